The molecule has 9 heteroatoms. The summed E-state index contributed by atoms with van der Waals surface area (Å²) in [4.78, 5) is 17.5. The Balaban J connectivity index is 1.49. The zero-order valence-electron chi connectivity index (χ0n) is 20.7. The highest BCUT2D eigenvalue weighted by molar-refractivity contribution is 7.89. The number of hydrogen-bond acceptors (Lipinski definition) is 7. The fourth-order valence-corrected chi connectivity index (χ4v) is 8.37. The SMILES string of the molecule is COc1cccc(-c2cc3c(c(OC)c2)OCCN(S(=O)(=O)C[C@]24CC[C@H](CC2=O)C4(C)C)C3)n1. The van der Waals surface area contributed by atoms with Gasteiger partial charge in [-0.2, -0.15) is 4.31 Å². The second-order valence-electron chi connectivity index (χ2n) is 10.3. The van der Waals surface area contributed by atoms with Gasteiger partial charge >= 0.3 is 0 Å². The lowest BCUT2D eigenvalue weighted by Crippen LogP contribution is -2.46. The van der Waals surface area contributed by atoms with Gasteiger partial charge in [0.25, 0.3) is 0 Å². The number of hydrogen-bond donors (Lipinski definition) is 0. The molecule has 2 bridgehead atoms. The number of benzene rings is 1. The second-order valence-corrected chi connectivity index (χ2v) is 12.3. The van der Waals surface area contributed by atoms with Crippen molar-refractivity contribution in [1.82, 2.24) is 9.29 Å². The minimum atomic E-state index is -3.73. The van der Waals surface area contributed by atoms with Gasteiger partial charge in [0, 0.05) is 42.1 Å². The maximum absolute atomic E-state index is 13.8. The summed E-state index contributed by atoms with van der Waals surface area (Å²) in [6, 6.07) is 9.20. The molecule has 2 heterocycles. The summed E-state index contributed by atoms with van der Waals surface area (Å²) in [5, 5.41) is 0. The quantitative estimate of drug-likeness (QED) is 0.597. The number of methoxy groups -OCH3 is 2. The molecule has 2 aliphatic carbocycles. The largest absolute Gasteiger partial charge is 0.493 e. The fourth-order valence-electron chi connectivity index (χ4n) is 6.20. The van der Waals surface area contributed by atoms with Crippen molar-refractivity contribution in [3.8, 4) is 28.6 Å². The smallest absolute Gasteiger partial charge is 0.215 e. The Morgan fingerprint density at radius 3 is 2.66 bits per heavy atom. The first-order valence-electron chi connectivity index (χ1n) is 12.0. The van der Waals surface area contributed by atoms with Crippen LogP contribution in [0.3, 0.4) is 0 Å². The molecule has 0 radical (unpaired) electrons. The molecular weight excluding hydrogens is 468 g/mol. The van der Waals surface area contributed by atoms with Gasteiger partial charge in [0.1, 0.15) is 12.4 Å². The summed E-state index contributed by atoms with van der Waals surface area (Å²) < 4.78 is 45.8. The van der Waals surface area contributed by atoms with Crippen LogP contribution >= 0.6 is 0 Å². The van der Waals surface area contributed by atoms with Gasteiger partial charge in [0.15, 0.2) is 11.5 Å². The third-order valence-electron chi connectivity index (χ3n) is 8.48. The normalized spacial score (nSPS) is 25.6. The van der Waals surface area contributed by atoms with Crippen molar-refractivity contribution in [2.24, 2.45) is 16.7 Å². The van der Waals surface area contributed by atoms with Gasteiger partial charge in [-0.25, -0.2) is 13.4 Å². The van der Waals surface area contributed by atoms with E-state index in [-0.39, 0.29) is 42.6 Å². The van der Waals surface area contributed by atoms with Crippen molar-refractivity contribution in [2.45, 2.75) is 39.7 Å². The zero-order chi connectivity index (χ0) is 25.0. The lowest BCUT2D eigenvalue weighted by atomic mass is 9.70. The van der Waals surface area contributed by atoms with E-state index in [9.17, 15) is 13.2 Å². The molecule has 0 spiro atoms. The number of nitrogens with zero attached hydrogens (tertiary/aromatic N) is 2. The van der Waals surface area contributed by atoms with Crippen molar-refractivity contribution in [1.29, 1.82) is 0 Å². The number of ketones is 1. The van der Waals surface area contributed by atoms with E-state index < -0.39 is 15.4 Å². The minimum Gasteiger partial charge on any atom is -0.493 e. The maximum Gasteiger partial charge on any atom is 0.215 e. The van der Waals surface area contributed by atoms with Gasteiger partial charge in [-0.3, -0.25) is 4.79 Å². The lowest BCUT2D eigenvalue weighted by molar-refractivity contribution is -0.128. The average molecular weight is 501 g/mol. The van der Waals surface area contributed by atoms with Gasteiger partial charge in [-0.1, -0.05) is 19.9 Å². The molecule has 1 aromatic heterocycles. The number of aromatic nitrogens is 1. The van der Waals surface area contributed by atoms with Crippen molar-refractivity contribution in [2.75, 3.05) is 33.1 Å². The third-order valence-corrected chi connectivity index (χ3v) is 10.4. The first-order valence-corrected chi connectivity index (χ1v) is 13.6. The van der Waals surface area contributed by atoms with Crippen molar-refractivity contribution >= 4 is 15.8 Å². The maximum atomic E-state index is 13.8. The monoisotopic (exact) mass is 500 g/mol. The number of fused-ring (bicyclic) bond motifs is 3. The Hall–Kier alpha value is -2.65. The molecule has 2 aromatic rings. The highest BCUT2D eigenvalue weighted by Crippen LogP contribution is 2.64. The van der Waals surface area contributed by atoms with E-state index in [1.54, 1.807) is 20.3 Å². The van der Waals surface area contributed by atoms with Crippen LogP contribution in [0.1, 0.15) is 38.7 Å². The second kappa shape index (κ2) is 8.48. The van der Waals surface area contributed by atoms with Crippen LogP contribution in [-0.4, -0.2) is 56.6 Å². The number of sulfonamides is 1. The van der Waals surface area contributed by atoms with Crippen molar-refractivity contribution in [3.05, 3.63) is 35.9 Å². The van der Waals surface area contributed by atoms with E-state index in [0.717, 1.165) is 12.0 Å². The predicted octanol–water partition coefficient (Wildman–Crippen LogP) is 3.69. The van der Waals surface area contributed by atoms with Crippen LogP contribution in [0.4, 0.5) is 0 Å². The molecular formula is C26H32N2O6S. The van der Waals surface area contributed by atoms with Crippen LogP contribution in [-0.2, 0) is 21.4 Å². The Morgan fingerprint density at radius 2 is 2.00 bits per heavy atom. The Bertz CT molecular complexity index is 1270. The van der Waals surface area contributed by atoms with Gasteiger partial charge in [0.2, 0.25) is 15.9 Å². The number of carbonyl (C=O) groups is 1. The molecule has 2 fully saturated rings. The summed E-state index contributed by atoms with van der Waals surface area (Å²) in [5.74, 6) is 1.75. The van der Waals surface area contributed by atoms with E-state index in [4.69, 9.17) is 14.2 Å². The highest BCUT2D eigenvalue weighted by atomic mass is 32.2. The molecule has 1 aliphatic heterocycles. The molecule has 8 nitrogen and oxygen atoms in total. The van der Waals surface area contributed by atoms with Gasteiger partial charge in [0.05, 0.1) is 25.7 Å². The number of pyridine rings is 1. The standard InChI is InChI=1S/C26H32N2O6S/c1-25(2)19-8-9-26(25,22(29)14-19)16-35(30,31)28-10-11-34-24-18(15-28)12-17(13-21(24)32-3)20-6-5-7-23(27-20)33-4/h5-7,12-13,19H,8-11,14-16H2,1-4H3/t19-,26-/m1/s1. The van der Waals surface area contributed by atoms with Gasteiger partial charge in [-0.05, 0) is 42.4 Å². The fraction of sp³-hybridized carbons (Fsp3) is 0.538. The Morgan fingerprint density at radius 1 is 1.20 bits per heavy atom. The summed E-state index contributed by atoms with van der Waals surface area (Å²) in [7, 11) is -0.614. The minimum absolute atomic E-state index is 0.0989. The van der Waals surface area contributed by atoms with Crippen LogP contribution < -0.4 is 14.2 Å². The van der Waals surface area contributed by atoms with E-state index in [0.29, 0.717) is 41.5 Å². The predicted molar refractivity (Wildman–Crippen MR) is 131 cm³/mol. The average Bonchev–Trinajstić information content (AvgIpc) is 3.06. The van der Waals surface area contributed by atoms with E-state index in [1.807, 2.05) is 24.3 Å². The highest BCUT2D eigenvalue weighted by Gasteiger charge is 2.65. The molecule has 0 amide bonds. The van der Waals surface area contributed by atoms with Crippen LogP contribution in [0.15, 0.2) is 30.3 Å². The number of ether oxygens (including phenoxy) is 3. The molecule has 0 saturated heterocycles. The van der Waals surface area contributed by atoms with Crippen molar-refractivity contribution in [3.63, 3.8) is 0 Å². The Labute approximate surface area is 206 Å². The molecule has 1 aromatic carbocycles. The van der Waals surface area contributed by atoms with Crippen LogP contribution in [0, 0.1) is 16.7 Å². The molecule has 3 aliphatic rings. The van der Waals surface area contributed by atoms with Crippen molar-refractivity contribution < 1.29 is 27.4 Å². The van der Waals surface area contributed by atoms with Gasteiger partial charge in [-0.15, -0.1) is 0 Å². The Kier molecular flexibility index (Phi) is 5.83. The molecule has 0 unspecified atom stereocenters. The molecule has 5 rings (SSSR count). The van der Waals surface area contributed by atoms with Crippen LogP contribution in [0.25, 0.3) is 11.3 Å². The lowest BCUT2D eigenvalue weighted by Gasteiger charge is -2.37. The van der Waals surface area contributed by atoms with E-state index >= 15 is 0 Å². The van der Waals surface area contributed by atoms with E-state index in [2.05, 4.69) is 18.8 Å². The molecule has 2 saturated carbocycles. The number of carbonyl (C=O) groups excluding carboxylic acids is 1. The number of rotatable bonds is 6. The van der Waals surface area contributed by atoms with Gasteiger partial charge < -0.3 is 14.2 Å². The summed E-state index contributed by atoms with van der Waals surface area (Å²) in [6.07, 6.45) is 2.04. The zero-order valence-corrected chi connectivity index (χ0v) is 21.5. The molecule has 0 N–H and O–H groups in total. The molecule has 2 atom stereocenters. The summed E-state index contributed by atoms with van der Waals surface area (Å²) >= 11 is 0. The summed E-state index contributed by atoms with van der Waals surface area (Å²) in [6.45, 7) is 4.67. The first-order chi connectivity index (χ1) is 16.6. The molecule has 35 heavy (non-hydrogen) atoms. The first kappa shape index (κ1) is 24.1. The number of Topliss-reactive ketones (excluding diaryl/α,β-unsaturated/α-hetero) is 1. The van der Waals surface area contributed by atoms with E-state index in [1.165, 1.54) is 4.31 Å². The summed E-state index contributed by atoms with van der Waals surface area (Å²) in [5.41, 5.74) is 1.02. The molecule has 188 valence electrons. The topological polar surface area (TPSA) is 95.0 Å². The third kappa shape index (κ3) is 3.80. The van der Waals surface area contributed by atoms with Crippen LogP contribution in [0.5, 0.6) is 17.4 Å². The van der Waals surface area contributed by atoms with Crippen LogP contribution in [0.2, 0.25) is 0 Å².